The first-order valence-electron chi connectivity index (χ1n) is 10.1. The Labute approximate surface area is 169 Å². The SMILES string of the molecule is Cc1cccc2cc([C@H]3c4nc[nH]c4CCN3C(=O)CCc3ccccc3)oc12. The minimum atomic E-state index is -0.292. The summed E-state index contributed by atoms with van der Waals surface area (Å²) in [5, 5.41) is 1.05. The fourth-order valence-electron chi connectivity index (χ4n) is 4.24. The number of carbonyl (C=O) groups is 1. The molecule has 0 spiro atoms. The standard InChI is InChI=1S/C24H23N3O2/c1-16-6-5-9-18-14-20(29-24(16)18)23-22-19(25-15-26-22)12-13-27(23)21(28)11-10-17-7-3-2-4-8-17/h2-9,14-15,23H,10-13H2,1H3,(H,25,26)/t23-/m0/s1. The van der Waals surface area contributed by atoms with Crippen molar-refractivity contribution < 1.29 is 9.21 Å². The van der Waals surface area contributed by atoms with E-state index in [2.05, 4.69) is 22.1 Å². The number of nitrogens with zero attached hydrogens (tertiary/aromatic N) is 2. The van der Waals surface area contributed by atoms with Crippen molar-refractivity contribution in [3.05, 3.63) is 89.2 Å². The molecule has 0 fully saturated rings. The molecule has 5 heteroatoms. The van der Waals surface area contributed by atoms with Crippen molar-refractivity contribution in [2.45, 2.75) is 32.2 Å². The number of furan rings is 1. The zero-order chi connectivity index (χ0) is 19.8. The number of hydrogen-bond donors (Lipinski definition) is 1. The third-order valence-electron chi connectivity index (χ3n) is 5.75. The van der Waals surface area contributed by atoms with E-state index in [1.165, 1.54) is 5.56 Å². The quantitative estimate of drug-likeness (QED) is 0.560. The number of aryl methyl sites for hydroxylation is 2. The number of hydrogen-bond acceptors (Lipinski definition) is 3. The Morgan fingerprint density at radius 2 is 2.07 bits per heavy atom. The lowest BCUT2D eigenvalue weighted by atomic mass is 9.99. The second-order valence-corrected chi connectivity index (χ2v) is 7.63. The van der Waals surface area contributed by atoms with Gasteiger partial charge in [-0.05, 0) is 30.5 Å². The molecule has 0 bridgehead atoms. The van der Waals surface area contributed by atoms with Crippen molar-refractivity contribution >= 4 is 16.9 Å². The maximum atomic E-state index is 13.2. The van der Waals surface area contributed by atoms with Crippen molar-refractivity contribution in [3.8, 4) is 0 Å². The molecule has 1 N–H and O–H groups in total. The Bertz CT molecular complexity index is 1160. The van der Waals surface area contributed by atoms with Gasteiger partial charge in [0, 0.05) is 30.5 Å². The molecule has 0 aliphatic carbocycles. The van der Waals surface area contributed by atoms with E-state index in [1.807, 2.05) is 54.3 Å². The zero-order valence-corrected chi connectivity index (χ0v) is 16.4. The smallest absolute Gasteiger partial charge is 0.223 e. The number of H-pyrrole nitrogens is 1. The maximum Gasteiger partial charge on any atom is 0.223 e. The highest BCUT2D eigenvalue weighted by Crippen LogP contribution is 2.37. The molecule has 146 valence electrons. The third kappa shape index (κ3) is 3.23. The molecule has 3 heterocycles. The summed E-state index contributed by atoms with van der Waals surface area (Å²) in [4.78, 5) is 22.9. The largest absolute Gasteiger partial charge is 0.458 e. The lowest BCUT2D eigenvalue weighted by molar-refractivity contribution is -0.133. The average Bonchev–Trinajstić information content (AvgIpc) is 3.39. The molecule has 0 radical (unpaired) electrons. The van der Waals surface area contributed by atoms with E-state index in [4.69, 9.17) is 4.42 Å². The van der Waals surface area contributed by atoms with Crippen molar-refractivity contribution in [1.82, 2.24) is 14.9 Å². The summed E-state index contributed by atoms with van der Waals surface area (Å²) < 4.78 is 6.26. The van der Waals surface area contributed by atoms with Crippen LogP contribution < -0.4 is 0 Å². The van der Waals surface area contributed by atoms with Gasteiger partial charge >= 0.3 is 0 Å². The van der Waals surface area contributed by atoms with E-state index in [1.54, 1.807) is 6.33 Å². The lowest BCUT2D eigenvalue weighted by Gasteiger charge is -2.33. The van der Waals surface area contributed by atoms with E-state index in [-0.39, 0.29) is 11.9 Å². The number of aromatic amines is 1. The topological polar surface area (TPSA) is 62.1 Å². The van der Waals surface area contributed by atoms with Gasteiger partial charge in [0.1, 0.15) is 17.4 Å². The normalized spacial score (nSPS) is 16.2. The zero-order valence-electron chi connectivity index (χ0n) is 16.4. The van der Waals surface area contributed by atoms with Crippen LogP contribution in [0, 0.1) is 6.92 Å². The summed E-state index contributed by atoms with van der Waals surface area (Å²) >= 11 is 0. The third-order valence-corrected chi connectivity index (χ3v) is 5.75. The lowest BCUT2D eigenvalue weighted by Crippen LogP contribution is -2.40. The summed E-state index contributed by atoms with van der Waals surface area (Å²) in [7, 11) is 0. The number of nitrogens with one attached hydrogen (secondary N) is 1. The average molecular weight is 385 g/mol. The van der Waals surface area contributed by atoms with E-state index < -0.39 is 0 Å². The molecule has 29 heavy (non-hydrogen) atoms. The Morgan fingerprint density at radius 1 is 1.21 bits per heavy atom. The highest BCUT2D eigenvalue weighted by Gasteiger charge is 2.36. The summed E-state index contributed by atoms with van der Waals surface area (Å²) in [5.74, 6) is 0.903. The van der Waals surface area contributed by atoms with Gasteiger partial charge in [-0.15, -0.1) is 0 Å². The first-order chi connectivity index (χ1) is 14.2. The Morgan fingerprint density at radius 3 is 2.90 bits per heavy atom. The first-order valence-corrected chi connectivity index (χ1v) is 10.1. The van der Waals surface area contributed by atoms with Gasteiger partial charge in [0.05, 0.1) is 12.0 Å². The predicted molar refractivity (Wildman–Crippen MR) is 112 cm³/mol. The molecule has 0 saturated heterocycles. The van der Waals surface area contributed by atoms with Crippen molar-refractivity contribution in [2.75, 3.05) is 6.54 Å². The molecule has 4 aromatic rings. The van der Waals surface area contributed by atoms with E-state index in [0.29, 0.717) is 13.0 Å². The van der Waals surface area contributed by atoms with Crippen LogP contribution in [-0.2, 0) is 17.6 Å². The van der Waals surface area contributed by atoms with Gasteiger partial charge in [-0.1, -0.05) is 48.5 Å². The molecular weight excluding hydrogens is 362 g/mol. The van der Waals surface area contributed by atoms with Crippen LogP contribution in [-0.4, -0.2) is 27.3 Å². The van der Waals surface area contributed by atoms with Crippen LogP contribution in [0.15, 0.2) is 65.3 Å². The van der Waals surface area contributed by atoms with Gasteiger partial charge in [0.2, 0.25) is 5.91 Å². The van der Waals surface area contributed by atoms with Crippen LogP contribution in [0.2, 0.25) is 0 Å². The van der Waals surface area contributed by atoms with Crippen LogP contribution in [0.3, 0.4) is 0 Å². The summed E-state index contributed by atoms with van der Waals surface area (Å²) in [5.41, 5.74) is 5.12. The summed E-state index contributed by atoms with van der Waals surface area (Å²) in [6.07, 6.45) is 3.70. The fourth-order valence-corrected chi connectivity index (χ4v) is 4.24. The minimum Gasteiger partial charge on any atom is -0.458 e. The monoisotopic (exact) mass is 385 g/mol. The highest BCUT2D eigenvalue weighted by atomic mass is 16.3. The minimum absolute atomic E-state index is 0.129. The second-order valence-electron chi connectivity index (χ2n) is 7.63. The number of aromatic nitrogens is 2. The Hall–Kier alpha value is -3.34. The fraction of sp³-hybridized carbons (Fsp3) is 0.250. The van der Waals surface area contributed by atoms with Gasteiger partial charge in [0.25, 0.3) is 0 Å². The van der Waals surface area contributed by atoms with Gasteiger partial charge in [0.15, 0.2) is 0 Å². The molecule has 1 aliphatic rings. The van der Waals surface area contributed by atoms with Crippen molar-refractivity contribution in [3.63, 3.8) is 0 Å². The maximum absolute atomic E-state index is 13.2. The molecule has 1 atom stereocenters. The molecule has 5 nitrogen and oxygen atoms in total. The number of amides is 1. The Kier molecular flexibility index (Phi) is 4.43. The highest BCUT2D eigenvalue weighted by molar-refractivity contribution is 5.82. The number of benzene rings is 2. The molecule has 0 saturated carbocycles. The van der Waals surface area contributed by atoms with Crippen LogP contribution >= 0.6 is 0 Å². The Balaban J connectivity index is 1.48. The number of rotatable bonds is 4. The van der Waals surface area contributed by atoms with Crippen LogP contribution in [0.1, 0.15) is 40.7 Å². The number of carbonyl (C=O) groups excluding carboxylic acids is 1. The molecule has 0 unspecified atom stereocenters. The van der Waals surface area contributed by atoms with Crippen molar-refractivity contribution in [2.24, 2.45) is 0 Å². The van der Waals surface area contributed by atoms with E-state index in [9.17, 15) is 4.79 Å². The van der Waals surface area contributed by atoms with E-state index >= 15 is 0 Å². The van der Waals surface area contributed by atoms with Crippen LogP contribution in [0.4, 0.5) is 0 Å². The molecule has 2 aromatic heterocycles. The van der Waals surface area contributed by atoms with Crippen molar-refractivity contribution in [1.29, 1.82) is 0 Å². The van der Waals surface area contributed by atoms with Gasteiger partial charge in [-0.2, -0.15) is 0 Å². The van der Waals surface area contributed by atoms with E-state index in [0.717, 1.165) is 46.5 Å². The second kappa shape index (κ2) is 7.24. The molecular formula is C24H23N3O2. The van der Waals surface area contributed by atoms with Gasteiger partial charge < -0.3 is 14.3 Å². The van der Waals surface area contributed by atoms with Gasteiger partial charge in [-0.25, -0.2) is 4.98 Å². The van der Waals surface area contributed by atoms with Crippen LogP contribution in [0.25, 0.3) is 11.0 Å². The summed E-state index contributed by atoms with van der Waals surface area (Å²) in [6, 6.07) is 18.0. The predicted octanol–water partition coefficient (Wildman–Crippen LogP) is 4.57. The number of fused-ring (bicyclic) bond motifs is 2. The van der Waals surface area contributed by atoms with Crippen LogP contribution in [0.5, 0.6) is 0 Å². The van der Waals surface area contributed by atoms with Gasteiger partial charge in [-0.3, -0.25) is 4.79 Å². The molecule has 5 rings (SSSR count). The molecule has 1 amide bonds. The first kappa shape index (κ1) is 17.7. The summed E-state index contributed by atoms with van der Waals surface area (Å²) in [6.45, 7) is 2.70. The number of imidazole rings is 1. The molecule has 1 aliphatic heterocycles. The number of para-hydroxylation sites is 1. The molecule has 2 aromatic carbocycles.